The van der Waals surface area contributed by atoms with Crippen LogP contribution in [0.15, 0.2) is 0 Å². The summed E-state index contributed by atoms with van der Waals surface area (Å²) in [4.78, 5) is 11.0. The Morgan fingerprint density at radius 3 is 2.33 bits per heavy atom. The summed E-state index contributed by atoms with van der Waals surface area (Å²) in [5.41, 5.74) is -0.779. The summed E-state index contributed by atoms with van der Waals surface area (Å²) in [7, 11) is 0. The Morgan fingerprint density at radius 1 is 1.50 bits per heavy atom. The van der Waals surface area contributed by atoms with Crippen molar-refractivity contribution in [2.75, 3.05) is 6.67 Å². The zero-order valence-electron chi connectivity index (χ0n) is 8.07. The minimum atomic E-state index is -0.779. The summed E-state index contributed by atoms with van der Waals surface area (Å²) >= 11 is 0. The maximum Gasteiger partial charge on any atom is 0.315 e. The van der Waals surface area contributed by atoms with Crippen molar-refractivity contribution in [1.29, 1.82) is 0 Å². The largest absolute Gasteiger partial charge is 0.336 e. The number of hydrogen-bond acceptors (Lipinski definition) is 1. The standard InChI is InChI=1S/C8H17FN2O/c1-6(2)10-7(12)11-8(3,4)5-9/h6H,5H2,1-4H3,(H2,10,11,12). The molecule has 0 aliphatic rings. The summed E-state index contributed by atoms with van der Waals surface area (Å²) in [5, 5.41) is 5.13. The summed E-state index contributed by atoms with van der Waals surface area (Å²) in [6.45, 7) is 6.39. The van der Waals surface area contributed by atoms with Crippen LogP contribution in [0.3, 0.4) is 0 Å². The fourth-order valence-corrected chi connectivity index (χ4v) is 0.639. The third kappa shape index (κ3) is 4.93. The summed E-state index contributed by atoms with van der Waals surface area (Å²) in [6.07, 6.45) is 0. The number of nitrogens with one attached hydrogen (secondary N) is 2. The number of alkyl halides is 1. The normalized spacial score (nSPS) is 11.5. The van der Waals surface area contributed by atoms with Crippen molar-refractivity contribution in [2.24, 2.45) is 0 Å². The third-order valence-corrected chi connectivity index (χ3v) is 1.21. The highest BCUT2D eigenvalue weighted by molar-refractivity contribution is 5.74. The lowest BCUT2D eigenvalue weighted by atomic mass is 10.1. The quantitative estimate of drug-likeness (QED) is 0.671. The van der Waals surface area contributed by atoms with E-state index >= 15 is 0 Å². The van der Waals surface area contributed by atoms with Gasteiger partial charge in [0.15, 0.2) is 0 Å². The van der Waals surface area contributed by atoms with Crippen LogP contribution >= 0.6 is 0 Å². The molecule has 0 rings (SSSR count). The number of urea groups is 1. The summed E-state index contributed by atoms with van der Waals surface area (Å²) < 4.78 is 12.2. The fraction of sp³-hybridized carbons (Fsp3) is 0.875. The predicted molar refractivity (Wildman–Crippen MR) is 46.9 cm³/mol. The lowest BCUT2D eigenvalue weighted by molar-refractivity contribution is 0.218. The van der Waals surface area contributed by atoms with Crippen molar-refractivity contribution in [3.8, 4) is 0 Å². The van der Waals surface area contributed by atoms with Gasteiger partial charge in [0, 0.05) is 6.04 Å². The van der Waals surface area contributed by atoms with Gasteiger partial charge in [0.25, 0.3) is 0 Å². The van der Waals surface area contributed by atoms with Crippen LogP contribution in [-0.2, 0) is 0 Å². The van der Waals surface area contributed by atoms with Crippen molar-refractivity contribution in [1.82, 2.24) is 10.6 Å². The van der Waals surface area contributed by atoms with Crippen molar-refractivity contribution in [3.05, 3.63) is 0 Å². The van der Waals surface area contributed by atoms with Gasteiger partial charge in [0.05, 0.1) is 5.54 Å². The second-order valence-electron chi connectivity index (χ2n) is 3.77. The number of halogens is 1. The molecule has 2 amide bonds. The van der Waals surface area contributed by atoms with Gasteiger partial charge in [-0.05, 0) is 27.7 Å². The molecule has 0 aromatic heterocycles. The number of carbonyl (C=O) groups excluding carboxylic acids is 1. The molecule has 0 aliphatic heterocycles. The molecule has 72 valence electrons. The molecule has 0 unspecified atom stereocenters. The molecule has 0 aliphatic carbocycles. The summed E-state index contributed by atoms with van der Waals surface area (Å²) in [5.74, 6) is 0. The minimum absolute atomic E-state index is 0.0698. The highest BCUT2D eigenvalue weighted by atomic mass is 19.1. The highest BCUT2D eigenvalue weighted by Gasteiger charge is 2.19. The molecule has 0 aromatic carbocycles. The minimum Gasteiger partial charge on any atom is -0.336 e. The van der Waals surface area contributed by atoms with Crippen LogP contribution in [-0.4, -0.2) is 24.3 Å². The molecule has 0 fully saturated rings. The SMILES string of the molecule is CC(C)NC(=O)NC(C)(C)CF. The van der Waals surface area contributed by atoms with Gasteiger partial charge in [-0.1, -0.05) is 0 Å². The molecule has 0 atom stereocenters. The molecule has 4 heteroatoms. The van der Waals surface area contributed by atoms with E-state index in [1.165, 1.54) is 0 Å². The molecule has 12 heavy (non-hydrogen) atoms. The first kappa shape index (κ1) is 11.2. The lowest BCUT2D eigenvalue weighted by Crippen LogP contribution is -2.51. The first-order chi connectivity index (χ1) is 5.37. The molecule has 2 N–H and O–H groups in total. The van der Waals surface area contributed by atoms with E-state index in [0.29, 0.717) is 0 Å². The van der Waals surface area contributed by atoms with Gasteiger partial charge >= 0.3 is 6.03 Å². The van der Waals surface area contributed by atoms with Crippen LogP contribution in [0.2, 0.25) is 0 Å². The molecule has 0 saturated carbocycles. The van der Waals surface area contributed by atoms with Crippen LogP contribution in [0.4, 0.5) is 9.18 Å². The Morgan fingerprint density at radius 2 is 2.00 bits per heavy atom. The third-order valence-electron chi connectivity index (χ3n) is 1.21. The van der Waals surface area contributed by atoms with Gasteiger partial charge in [0.1, 0.15) is 6.67 Å². The maximum absolute atomic E-state index is 12.2. The van der Waals surface area contributed by atoms with Gasteiger partial charge in [-0.15, -0.1) is 0 Å². The maximum atomic E-state index is 12.2. The second kappa shape index (κ2) is 4.28. The van der Waals surface area contributed by atoms with E-state index in [9.17, 15) is 9.18 Å². The molecular weight excluding hydrogens is 159 g/mol. The molecule has 0 saturated heterocycles. The number of amides is 2. The van der Waals surface area contributed by atoms with E-state index in [0.717, 1.165) is 0 Å². The molecule has 0 aromatic rings. The van der Waals surface area contributed by atoms with E-state index in [1.54, 1.807) is 13.8 Å². The van der Waals surface area contributed by atoms with Crippen molar-refractivity contribution < 1.29 is 9.18 Å². The highest BCUT2D eigenvalue weighted by Crippen LogP contribution is 2.01. The van der Waals surface area contributed by atoms with Crippen molar-refractivity contribution >= 4 is 6.03 Å². The van der Waals surface area contributed by atoms with E-state index < -0.39 is 12.2 Å². The van der Waals surface area contributed by atoms with Crippen LogP contribution in [0, 0.1) is 0 Å². The van der Waals surface area contributed by atoms with Gasteiger partial charge in [-0.25, -0.2) is 9.18 Å². The molecule has 3 nitrogen and oxygen atoms in total. The average Bonchev–Trinajstić information content (AvgIpc) is 1.84. The van der Waals surface area contributed by atoms with E-state index in [-0.39, 0.29) is 12.1 Å². The molecule has 0 spiro atoms. The van der Waals surface area contributed by atoms with Gasteiger partial charge in [0.2, 0.25) is 0 Å². The topological polar surface area (TPSA) is 41.1 Å². The van der Waals surface area contributed by atoms with E-state index in [2.05, 4.69) is 10.6 Å². The van der Waals surface area contributed by atoms with Crippen molar-refractivity contribution in [2.45, 2.75) is 39.3 Å². The van der Waals surface area contributed by atoms with Gasteiger partial charge < -0.3 is 10.6 Å². The van der Waals surface area contributed by atoms with Crippen LogP contribution in [0.1, 0.15) is 27.7 Å². The zero-order chi connectivity index (χ0) is 9.78. The van der Waals surface area contributed by atoms with E-state index in [4.69, 9.17) is 0 Å². The molecule has 0 bridgehead atoms. The summed E-state index contributed by atoms with van der Waals surface area (Å²) in [6, 6.07) is -0.256. The average molecular weight is 176 g/mol. The molecule has 0 heterocycles. The van der Waals surface area contributed by atoms with Crippen LogP contribution in [0.5, 0.6) is 0 Å². The zero-order valence-corrected chi connectivity index (χ0v) is 8.07. The van der Waals surface area contributed by atoms with Crippen LogP contribution in [0.25, 0.3) is 0 Å². The molecular formula is C8H17FN2O. The number of rotatable bonds is 3. The smallest absolute Gasteiger partial charge is 0.315 e. The van der Waals surface area contributed by atoms with E-state index in [1.807, 2.05) is 13.8 Å². The Bertz CT molecular complexity index is 157. The second-order valence-corrected chi connectivity index (χ2v) is 3.77. The van der Waals surface area contributed by atoms with Gasteiger partial charge in [-0.2, -0.15) is 0 Å². The number of hydrogen-bond donors (Lipinski definition) is 2. The van der Waals surface area contributed by atoms with Crippen LogP contribution < -0.4 is 10.6 Å². The molecule has 0 radical (unpaired) electrons. The van der Waals surface area contributed by atoms with Crippen molar-refractivity contribution in [3.63, 3.8) is 0 Å². The Hall–Kier alpha value is -0.800. The Balaban J connectivity index is 3.84. The fourth-order valence-electron chi connectivity index (χ4n) is 0.639. The van der Waals surface area contributed by atoms with Gasteiger partial charge in [-0.3, -0.25) is 0 Å². The number of carbonyl (C=O) groups is 1. The first-order valence-corrected chi connectivity index (χ1v) is 4.02. The monoisotopic (exact) mass is 176 g/mol. The lowest BCUT2D eigenvalue weighted by Gasteiger charge is -2.23. The Labute approximate surface area is 72.7 Å². The predicted octanol–water partition coefficient (Wildman–Crippen LogP) is 1.44. The first-order valence-electron chi connectivity index (χ1n) is 4.02. The Kier molecular flexibility index (Phi) is 4.00.